The first-order chi connectivity index (χ1) is 14.0. The Hall–Kier alpha value is -1.26. The number of guanidine groups is 1. The molecule has 1 heterocycles. The molecule has 2 atom stereocenters. The molecule has 0 spiro atoms. The summed E-state index contributed by atoms with van der Waals surface area (Å²) in [6.45, 7) is 6.14. The van der Waals surface area contributed by atoms with Crippen LogP contribution in [-0.2, 0) is 6.54 Å². The van der Waals surface area contributed by atoms with Crippen molar-refractivity contribution in [1.29, 1.82) is 0 Å². The molecule has 1 aromatic rings. The highest BCUT2D eigenvalue weighted by Crippen LogP contribution is 2.27. The predicted octanol–water partition coefficient (Wildman–Crippen LogP) is 2.54. The topological polar surface area (TPSA) is 61.4 Å². The van der Waals surface area contributed by atoms with Crippen LogP contribution in [0.4, 0.5) is 0 Å². The van der Waals surface area contributed by atoms with Crippen molar-refractivity contribution in [2.45, 2.75) is 50.9 Å². The van der Waals surface area contributed by atoms with Crippen LogP contribution in [0.15, 0.2) is 23.2 Å². The van der Waals surface area contributed by atoms with E-state index in [1.807, 2.05) is 13.1 Å². The van der Waals surface area contributed by atoms with Crippen molar-refractivity contribution in [1.82, 2.24) is 20.4 Å². The standard InChI is InChI=1S/C22H37N5O2.HI/c1-16(26(3)19-6-7-19)13-24-22(23-2)25-18-8-9-27(15-18)14-17-10-20(28-4)12-21(11-17)29-5;/h10-12,16,18-19H,6-9,13-15H2,1-5H3,(H2,23,24,25);1H. The quantitative estimate of drug-likeness (QED) is 0.290. The molecule has 8 heteroatoms. The summed E-state index contributed by atoms with van der Waals surface area (Å²) in [6.07, 6.45) is 3.79. The summed E-state index contributed by atoms with van der Waals surface area (Å²) >= 11 is 0. The highest BCUT2D eigenvalue weighted by atomic mass is 127. The third kappa shape index (κ3) is 7.16. The van der Waals surface area contributed by atoms with Gasteiger partial charge >= 0.3 is 0 Å². The van der Waals surface area contributed by atoms with E-state index < -0.39 is 0 Å². The molecule has 1 aromatic carbocycles. The number of benzene rings is 1. The zero-order valence-electron chi connectivity index (χ0n) is 19.0. The molecule has 2 unspecified atom stereocenters. The van der Waals surface area contributed by atoms with Crippen molar-refractivity contribution in [3.05, 3.63) is 23.8 Å². The lowest BCUT2D eigenvalue weighted by molar-refractivity contribution is 0.247. The SMILES string of the molecule is CN=C(NCC(C)N(C)C1CC1)NC1CCN(Cc2cc(OC)cc(OC)c2)C1.I. The first kappa shape index (κ1) is 25.0. The minimum atomic E-state index is 0. The zero-order chi connectivity index (χ0) is 20.8. The second-order valence-electron chi connectivity index (χ2n) is 8.28. The number of nitrogens with zero attached hydrogens (tertiary/aromatic N) is 3. The van der Waals surface area contributed by atoms with Gasteiger partial charge in [-0.2, -0.15) is 0 Å². The monoisotopic (exact) mass is 531 g/mol. The van der Waals surface area contributed by atoms with Crippen LogP contribution in [0.2, 0.25) is 0 Å². The van der Waals surface area contributed by atoms with Gasteiger partial charge in [0.05, 0.1) is 14.2 Å². The summed E-state index contributed by atoms with van der Waals surface area (Å²) in [5.41, 5.74) is 1.21. The van der Waals surface area contributed by atoms with Crippen molar-refractivity contribution >= 4 is 29.9 Å². The molecule has 0 amide bonds. The maximum atomic E-state index is 5.39. The first-order valence-electron chi connectivity index (χ1n) is 10.7. The van der Waals surface area contributed by atoms with Crippen molar-refractivity contribution in [3.63, 3.8) is 0 Å². The normalized spacial score (nSPS) is 20.6. The smallest absolute Gasteiger partial charge is 0.191 e. The number of nitrogens with one attached hydrogen (secondary N) is 2. The molecule has 1 aliphatic carbocycles. The van der Waals surface area contributed by atoms with Gasteiger partial charge in [0, 0.05) is 57.4 Å². The molecule has 2 aliphatic rings. The van der Waals surface area contributed by atoms with E-state index in [0.29, 0.717) is 12.1 Å². The fourth-order valence-electron chi connectivity index (χ4n) is 3.93. The molecule has 1 aliphatic heterocycles. The minimum Gasteiger partial charge on any atom is -0.497 e. The van der Waals surface area contributed by atoms with Crippen LogP contribution in [0.5, 0.6) is 11.5 Å². The summed E-state index contributed by atoms with van der Waals surface area (Å²) in [5, 5.41) is 7.09. The molecule has 2 N–H and O–H groups in total. The number of hydrogen-bond donors (Lipinski definition) is 2. The number of likely N-dealkylation sites (tertiary alicyclic amines) is 1. The highest BCUT2D eigenvalue weighted by molar-refractivity contribution is 14.0. The minimum absolute atomic E-state index is 0. The van der Waals surface area contributed by atoms with Gasteiger partial charge in [0.2, 0.25) is 0 Å². The molecular formula is C22H38IN5O2. The zero-order valence-corrected chi connectivity index (χ0v) is 21.3. The molecule has 30 heavy (non-hydrogen) atoms. The van der Waals surface area contributed by atoms with Gasteiger partial charge in [-0.1, -0.05) is 0 Å². The number of ether oxygens (including phenoxy) is 2. The van der Waals surface area contributed by atoms with Gasteiger partial charge in [0.15, 0.2) is 5.96 Å². The third-order valence-corrected chi connectivity index (χ3v) is 6.04. The van der Waals surface area contributed by atoms with Crippen LogP contribution < -0.4 is 20.1 Å². The Balaban J connectivity index is 0.00000320. The Labute approximate surface area is 198 Å². The molecule has 0 bridgehead atoms. The predicted molar refractivity (Wildman–Crippen MR) is 133 cm³/mol. The maximum absolute atomic E-state index is 5.39. The third-order valence-electron chi connectivity index (χ3n) is 6.04. The van der Waals surface area contributed by atoms with Crippen LogP contribution in [0.1, 0.15) is 31.7 Å². The van der Waals surface area contributed by atoms with E-state index in [0.717, 1.165) is 56.1 Å². The average Bonchev–Trinajstić information content (AvgIpc) is 3.50. The lowest BCUT2D eigenvalue weighted by atomic mass is 10.2. The number of likely N-dealkylation sites (N-methyl/N-ethyl adjacent to an activating group) is 1. The molecule has 3 rings (SSSR count). The van der Waals surface area contributed by atoms with Gasteiger partial charge in [0.1, 0.15) is 11.5 Å². The summed E-state index contributed by atoms with van der Waals surface area (Å²) < 4.78 is 10.8. The van der Waals surface area contributed by atoms with E-state index in [1.54, 1.807) is 14.2 Å². The van der Waals surface area contributed by atoms with E-state index in [4.69, 9.17) is 9.47 Å². The lowest BCUT2D eigenvalue weighted by Crippen LogP contribution is -2.48. The molecule has 0 aromatic heterocycles. The Morgan fingerprint density at radius 3 is 2.43 bits per heavy atom. The Kier molecular flexibility index (Phi) is 9.96. The highest BCUT2D eigenvalue weighted by Gasteiger charge is 2.29. The molecule has 1 saturated carbocycles. The van der Waals surface area contributed by atoms with Crippen LogP contribution in [0.3, 0.4) is 0 Å². The Morgan fingerprint density at radius 2 is 1.87 bits per heavy atom. The summed E-state index contributed by atoms with van der Waals surface area (Å²) in [6, 6.07) is 7.77. The number of methoxy groups -OCH3 is 2. The number of aliphatic imine (C=N–C) groups is 1. The van der Waals surface area contributed by atoms with Crippen molar-refractivity contribution in [3.8, 4) is 11.5 Å². The molecule has 0 radical (unpaired) electrons. The van der Waals surface area contributed by atoms with Crippen LogP contribution in [0.25, 0.3) is 0 Å². The fourth-order valence-corrected chi connectivity index (χ4v) is 3.93. The fraction of sp³-hybridized carbons (Fsp3) is 0.682. The van der Waals surface area contributed by atoms with Crippen LogP contribution in [0, 0.1) is 0 Å². The van der Waals surface area contributed by atoms with E-state index in [9.17, 15) is 0 Å². The molecule has 1 saturated heterocycles. The number of rotatable bonds is 9. The van der Waals surface area contributed by atoms with Crippen molar-refractivity contribution < 1.29 is 9.47 Å². The van der Waals surface area contributed by atoms with E-state index in [-0.39, 0.29) is 24.0 Å². The van der Waals surface area contributed by atoms with Gasteiger partial charge in [-0.05, 0) is 50.9 Å². The first-order valence-corrected chi connectivity index (χ1v) is 10.7. The Bertz CT molecular complexity index is 676. The van der Waals surface area contributed by atoms with E-state index >= 15 is 0 Å². The van der Waals surface area contributed by atoms with Crippen molar-refractivity contribution in [2.24, 2.45) is 4.99 Å². The molecule has 2 fully saturated rings. The maximum Gasteiger partial charge on any atom is 0.191 e. The van der Waals surface area contributed by atoms with Gasteiger partial charge in [-0.15, -0.1) is 24.0 Å². The second kappa shape index (κ2) is 12.0. The van der Waals surface area contributed by atoms with Crippen LogP contribution >= 0.6 is 24.0 Å². The van der Waals surface area contributed by atoms with E-state index in [1.165, 1.54) is 18.4 Å². The second-order valence-corrected chi connectivity index (χ2v) is 8.28. The average molecular weight is 531 g/mol. The largest absolute Gasteiger partial charge is 0.497 e. The lowest BCUT2D eigenvalue weighted by Gasteiger charge is -2.26. The Morgan fingerprint density at radius 1 is 1.20 bits per heavy atom. The van der Waals surface area contributed by atoms with E-state index in [2.05, 4.69) is 51.5 Å². The van der Waals surface area contributed by atoms with Gasteiger partial charge in [-0.3, -0.25) is 14.8 Å². The van der Waals surface area contributed by atoms with Crippen molar-refractivity contribution in [2.75, 3.05) is 47.9 Å². The molecular weight excluding hydrogens is 493 g/mol. The molecule has 170 valence electrons. The molecule has 7 nitrogen and oxygen atoms in total. The number of halogens is 1. The van der Waals surface area contributed by atoms with Gasteiger partial charge in [0.25, 0.3) is 0 Å². The van der Waals surface area contributed by atoms with Gasteiger partial charge < -0.3 is 20.1 Å². The van der Waals surface area contributed by atoms with Crippen LogP contribution in [-0.4, -0.2) is 81.8 Å². The summed E-state index contributed by atoms with van der Waals surface area (Å²) in [7, 11) is 7.45. The summed E-state index contributed by atoms with van der Waals surface area (Å²) in [5.74, 6) is 2.57. The van der Waals surface area contributed by atoms with Gasteiger partial charge in [-0.25, -0.2) is 0 Å². The number of hydrogen-bond acceptors (Lipinski definition) is 5. The summed E-state index contributed by atoms with van der Waals surface area (Å²) in [4.78, 5) is 9.36.